The number of halogens is 1. The number of rotatable bonds is 6. The van der Waals surface area contributed by atoms with Crippen molar-refractivity contribution < 1.29 is 17.3 Å². The Balaban J connectivity index is 0.00000225. The van der Waals surface area contributed by atoms with Crippen molar-refractivity contribution in [2.24, 2.45) is 0 Å². The third kappa shape index (κ3) is 5.07. The summed E-state index contributed by atoms with van der Waals surface area (Å²) < 4.78 is 0. The van der Waals surface area contributed by atoms with Gasteiger partial charge in [0.25, 0.3) is 0 Å². The molecule has 0 unspecified atom stereocenters. The van der Waals surface area contributed by atoms with Gasteiger partial charge in [-0.25, -0.2) is 0 Å². The second-order valence-corrected chi connectivity index (χ2v) is 10.7. The maximum Gasteiger partial charge on any atom is 0.167 e. The fourth-order valence-corrected chi connectivity index (χ4v) is 8.66. The van der Waals surface area contributed by atoms with Crippen LogP contribution in [0.25, 0.3) is 0 Å². The maximum atomic E-state index is 2.61. The Bertz CT molecular complexity index is 791. The first-order valence-corrected chi connectivity index (χ1v) is 11.9. The van der Waals surface area contributed by atoms with Gasteiger partial charge in [-0.15, -0.1) is 0 Å². The van der Waals surface area contributed by atoms with Gasteiger partial charge in [-0.1, -0.05) is 72.8 Å². The Kier molecular flexibility index (Phi) is 7.78. The monoisotopic (exact) mass is 421 g/mol. The second-order valence-electron chi connectivity index (χ2n) is 6.20. The van der Waals surface area contributed by atoms with Crippen molar-refractivity contribution in [2.75, 3.05) is 0 Å². The molecule has 0 aliphatic carbocycles. The van der Waals surface area contributed by atoms with Crippen LogP contribution in [0.15, 0.2) is 121 Å². The molecule has 28 heavy (non-hydrogen) atoms. The normalized spacial score (nSPS) is 10.6. The van der Waals surface area contributed by atoms with Gasteiger partial charge < -0.3 is 17.3 Å². The van der Waals surface area contributed by atoms with E-state index in [1.807, 2.05) is 0 Å². The molecule has 0 saturated carbocycles. The molecule has 0 saturated heterocycles. The fourth-order valence-electron chi connectivity index (χ4n) is 3.03. The minimum atomic E-state index is -0.534. The second kappa shape index (κ2) is 10.5. The van der Waals surface area contributed by atoms with E-state index in [2.05, 4.69) is 126 Å². The Hall–Kier alpha value is -2.01. The Morgan fingerprint density at radius 3 is 0.786 bits per heavy atom. The lowest BCUT2D eigenvalue weighted by atomic mass is 10.4. The van der Waals surface area contributed by atoms with Crippen LogP contribution in [-0.2, 0) is 0 Å². The van der Waals surface area contributed by atoms with Crippen molar-refractivity contribution in [3.8, 4) is 0 Å². The molecule has 0 amide bonds. The van der Waals surface area contributed by atoms with E-state index in [1.54, 1.807) is 0 Å². The van der Waals surface area contributed by atoms with E-state index in [4.69, 9.17) is 0 Å². The quantitative estimate of drug-likeness (QED) is 0.440. The zero-order valence-corrected chi connectivity index (χ0v) is 17.9. The lowest BCUT2D eigenvalue weighted by Crippen LogP contribution is -3.00. The largest absolute Gasteiger partial charge is 1.00 e. The van der Waals surface area contributed by atoms with E-state index in [-0.39, 0.29) is 12.4 Å². The van der Waals surface area contributed by atoms with Crippen LogP contribution in [0, 0.1) is 0 Å². The highest BCUT2D eigenvalue weighted by atomic mass is 35.5. The van der Waals surface area contributed by atoms with Crippen LogP contribution < -0.4 is 38.5 Å². The van der Waals surface area contributed by atoms with Crippen LogP contribution in [-0.4, -0.2) is 0 Å². The molecule has 140 valence electrons. The van der Waals surface area contributed by atoms with Crippen LogP contribution in [0.5, 0.6) is 0 Å². The van der Waals surface area contributed by atoms with Gasteiger partial charge in [-0.05, 0) is 48.5 Å². The molecule has 0 fully saturated rings. The summed E-state index contributed by atoms with van der Waals surface area (Å²) in [7, 11) is -1.07. The van der Waals surface area contributed by atoms with Crippen molar-refractivity contribution in [1.29, 1.82) is 0 Å². The van der Waals surface area contributed by atoms with Gasteiger partial charge in [-0.2, -0.15) is 0 Å². The van der Waals surface area contributed by atoms with E-state index < -0.39 is 16.1 Å². The highest BCUT2D eigenvalue weighted by Gasteiger charge is 2.27. The highest BCUT2D eigenvalue weighted by Crippen LogP contribution is 2.31. The predicted octanol–water partition coefficient (Wildman–Crippen LogP) is 0.650. The molecule has 0 spiro atoms. The summed E-state index contributed by atoms with van der Waals surface area (Å²) in [6.45, 7) is 0. The summed E-state index contributed by atoms with van der Waals surface area (Å²) >= 11 is 0. The molecule has 0 bridgehead atoms. The smallest absolute Gasteiger partial charge is 0.167 e. The molecule has 0 heterocycles. The zero-order chi connectivity index (χ0) is 18.3. The first-order chi connectivity index (χ1) is 13.4. The number of quaternary nitrogens is 1. The van der Waals surface area contributed by atoms with E-state index in [0.717, 1.165) is 0 Å². The lowest BCUT2D eigenvalue weighted by Gasteiger charge is -2.22. The molecule has 4 aromatic rings. The molecule has 0 atom stereocenters. The summed E-state index contributed by atoms with van der Waals surface area (Å²) in [6.07, 6.45) is 0. The van der Waals surface area contributed by atoms with Crippen LogP contribution in [0.4, 0.5) is 0 Å². The van der Waals surface area contributed by atoms with Crippen LogP contribution in [0.1, 0.15) is 0 Å². The summed E-state index contributed by atoms with van der Waals surface area (Å²) in [5, 5.41) is 5.60. The van der Waals surface area contributed by atoms with Crippen LogP contribution in [0.3, 0.4) is 0 Å². The summed E-state index contributed by atoms with van der Waals surface area (Å²) in [4.78, 5) is 2.61. The SMILES string of the molecule is [Cl-].c1ccc(P([NH2+]P(c2ccccc2)c2ccccc2)c2ccccc2)cc1. The van der Waals surface area contributed by atoms with E-state index in [0.29, 0.717) is 0 Å². The first-order valence-electron chi connectivity index (χ1n) is 9.05. The molecular weight excluding hydrogens is 400 g/mol. The minimum Gasteiger partial charge on any atom is -1.00 e. The third-order valence-corrected chi connectivity index (χ3v) is 9.63. The van der Waals surface area contributed by atoms with Gasteiger partial charge in [0.05, 0.1) is 0 Å². The Morgan fingerprint density at radius 1 is 0.357 bits per heavy atom. The number of benzene rings is 4. The predicted molar refractivity (Wildman–Crippen MR) is 120 cm³/mol. The van der Waals surface area contributed by atoms with E-state index in [9.17, 15) is 0 Å². The molecule has 0 radical (unpaired) electrons. The molecule has 4 heteroatoms. The van der Waals surface area contributed by atoms with E-state index in [1.165, 1.54) is 21.2 Å². The minimum absolute atomic E-state index is 0. The molecule has 4 aromatic carbocycles. The molecule has 0 aliphatic rings. The van der Waals surface area contributed by atoms with Gasteiger partial charge in [0.1, 0.15) is 0 Å². The molecule has 4 rings (SSSR count). The third-order valence-electron chi connectivity index (χ3n) is 4.37. The fraction of sp³-hybridized carbons (Fsp3) is 0. The highest BCUT2D eigenvalue weighted by molar-refractivity contribution is 7.77. The Morgan fingerprint density at radius 2 is 0.571 bits per heavy atom. The lowest BCUT2D eigenvalue weighted by molar-refractivity contribution is -0.298. The molecule has 1 nitrogen and oxygen atoms in total. The van der Waals surface area contributed by atoms with Crippen LogP contribution in [0.2, 0.25) is 0 Å². The standard InChI is InChI=1S/C24H21NP2.ClH/c1-5-13-21(14-6-1)26(22-15-7-2-8-16-22)25-27(23-17-9-3-10-18-23)24-19-11-4-12-20-24;/h1-20,25H;1H. The van der Waals surface area contributed by atoms with Crippen LogP contribution >= 0.6 is 16.1 Å². The van der Waals surface area contributed by atoms with Crippen molar-refractivity contribution in [2.45, 2.75) is 0 Å². The van der Waals surface area contributed by atoms with Gasteiger partial charge in [-0.3, -0.25) is 0 Å². The summed E-state index contributed by atoms with van der Waals surface area (Å²) in [6, 6.07) is 43.7. The number of hydrogen-bond donors (Lipinski definition) is 1. The zero-order valence-electron chi connectivity index (χ0n) is 15.4. The van der Waals surface area contributed by atoms with Crippen molar-refractivity contribution in [1.82, 2.24) is 0 Å². The van der Waals surface area contributed by atoms with Gasteiger partial charge in [0, 0.05) is 21.2 Å². The topological polar surface area (TPSA) is 16.6 Å². The molecule has 2 N–H and O–H groups in total. The first kappa shape index (κ1) is 20.7. The summed E-state index contributed by atoms with van der Waals surface area (Å²) in [5.74, 6) is 0. The average molecular weight is 422 g/mol. The van der Waals surface area contributed by atoms with Gasteiger partial charge >= 0.3 is 0 Å². The van der Waals surface area contributed by atoms with Gasteiger partial charge in [0.2, 0.25) is 0 Å². The molecular formula is C24H22ClNP2. The van der Waals surface area contributed by atoms with Crippen molar-refractivity contribution >= 4 is 37.4 Å². The van der Waals surface area contributed by atoms with E-state index >= 15 is 0 Å². The maximum absolute atomic E-state index is 2.61. The van der Waals surface area contributed by atoms with Gasteiger partial charge in [0.15, 0.2) is 16.1 Å². The molecule has 0 aliphatic heterocycles. The average Bonchev–Trinajstić information content (AvgIpc) is 2.77. The summed E-state index contributed by atoms with van der Waals surface area (Å²) in [5.41, 5.74) is 0. The number of hydrogen-bond acceptors (Lipinski definition) is 0. The number of nitrogens with two attached hydrogens (primary N) is 1. The molecule has 0 aromatic heterocycles. The van der Waals surface area contributed by atoms with Crippen molar-refractivity contribution in [3.63, 3.8) is 0 Å². The van der Waals surface area contributed by atoms with Crippen molar-refractivity contribution in [3.05, 3.63) is 121 Å². The Labute approximate surface area is 175 Å².